The van der Waals surface area contributed by atoms with Gasteiger partial charge >= 0.3 is 5.97 Å². The maximum absolute atomic E-state index is 11.7. The Kier molecular flexibility index (Phi) is 5.58. The van der Waals surface area contributed by atoms with Gasteiger partial charge in [0.2, 0.25) is 0 Å². The van der Waals surface area contributed by atoms with Crippen molar-refractivity contribution in [2.24, 2.45) is 0 Å². The minimum atomic E-state index is -0.587. The fourth-order valence-electron chi connectivity index (χ4n) is 1.51. The summed E-state index contributed by atoms with van der Waals surface area (Å²) < 4.78 is 4.84. The summed E-state index contributed by atoms with van der Waals surface area (Å²) in [5.74, 6) is 1.36. The molecule has 2 N–H and O–H groups in total. The lowest BCUT2D eigenvalue weighted by Gasteiger charge is -2.27. The van der Waals surface area contributed by atoms with Crippen LogP contribution < -0.4 is 5.32 Å². The van der Waals surface area contributed by atoms with E-state index in [0.29, 0.717) is 11.8 Å². The monoisotopic (exact) mass is 247 g/mol. The molecule has 5 heteroatoms. The standard InChI is InChI=1S/C11H21NO3S/c1-11(10(14)15-2,12-9-4-5-9)8-16-7-3-6-13/h9,12-13H,3-8H2,1-2H3. The molecule has 1 saturated carbocycles. The molecule has 0 saturated heterocycles. The molecule has 1 aliphatic carbocycles. The molecule has 94 valence electrons. The van der Waals surface area contributed by atoms with Gasteiger partial charge in [0.25, 0.3) is 0 Å². The van der Waals surface area contributed by atoms with Crippen LogP contribution in [0.25, 0.3) is 0 Å². The summed E-state index contributed by atoms with van der Waals surface area (Å²) in [7, 11) is 1.42. The number of hydrogen-bond acceptors (Lipinski definition) is 5. The number of ether oxygens (including phenoxy) is 1. The number of thioether (sulfide) groups is 1. The highest BCUT2D eigenvalue weighted by Crippen LogP contribution is 2.25. The molecule has 1 atom stereocenters. The summed E-state index contributed by atoms with van der Waals surface area (Å²) in [6.45, 7) is 2.10. The van der Waals surface area contributed by atoms with Gasteiger partial charge in [-0.3, -0.25) is 10.1 Å². The minimum absolute atomic E-state index is 0.198. The molecule has 0 aromatic heterocycles. The fourth-order valence-corrected chi connectivity index (χ4v) is 2.59. The second-order valence-electron chi connectivity index (χ2n) is 4.37. The molecule has 16 heavy (non-hydrogen) atoms. The van der Waals surface area contributed by atoms with E-state index in [2.05, 4.69) is 5.32 Å². The first kappa shape index (κ1) is 13.8. The SMILES string of the molecule is COC(=O)C(C)(CSCCCO)NC1CC1. The predicted octanol–water partition coefficient (Wildman–Crippen LogP) is 0.786. The van der Waals surface area contributed by atoms with E-state index < -0.39 is 5.54 Å². The van der Waals surface area contributed by atoms with Crippen LogP contribution in [-0.2, 0) is 9.53 Å². The largest absolute Gasteiger partial charge is 0.468 e. The zero-order valence-electron chi connectivity index (χ0n) is 9.99. The van der Waals surface area contributed by atoms with Crippen molar-refractivity contribution in [1.82, 2.24) is 5.32 Å². The Bertz CT molecular complexity index is 233. The average Bonchev–Trinajstić information content (AvgIpc) is 3.07. The third-order valence-electron chi connectivity index (χ3n) is 2.57. The van der Waals surface area contributed by atoms with Crippen LogP contribution in [0.15, 0.2) is 0 Å². The third kappa shape index (κ3) is 4.31. The topological polar surface area (TPSA) is 58.6 Å². The van der Waals surface area contributed by atoms with E-state index >= 15 is 0 Å². The van der Waals surface area contributed by atoms with Crippen molar-refractivity contribution >= 4 is 17.7 Å². The Balaban J connectivity index is 2.38. The van der Waals surface area contributed by atoms with Crippen molar-refractivity contribution in [1.29, 1.82) is 0 Å². The zero-order valence-corrected chi connectivity index (χ0v) is 10.8. The van der Waals surface area contributed by atoms with E-state index in [9.17, 15) is 4.79 Å². The maximum Gasteiger partial charge on any atom is 0.326 e. The van der Waals surface area contributed by atoms with Crippen LogP contribution >= 0.6 is 11.8 Å². The van der Waals surface area contributed by atoms with Gasteiger partial charge in [-0.1, -0.05) is 0 Å². The van der Waals surface area contributed by atoms with Crippen molar-refractivity contribution in [3.8, 4) is 0 Å². The van der Waals surface area contributed by atoms with Crippen molar-refractivity contribution in [2.75, 3.05) is 25.2 Å². The minimum Gasteiger partial charge on any atom is -0.468 e. The number of rotatable bonds is 8. The second-order valence-corrected chi connectivity index (χ2v) is 5.48. The van der Waals surface area contributed by atoms with Crippen LogP contribution in [0.4, 0.5) is 0 Å². The highest BCUT2D eigenvalue weighted by molar-refractivity contribution is 7.99. The van der Waals surface area contributed by atoms with Gasteiger partial charge in [-0.25, -0.2) is 0 Å². The molecule has 0 radical (unpaired) electrons. The maximum atomic E-state index is 11.7. The highest BCUT2D eigenvalue weighted by Gasteiger charge is 2.39. The lowest BCUT2D eigenvalue weighted by molar-refractivity contribution is -0.146. The lowest BCUT2D eigenvalue weighted by Crippen LogP contribution is -2.53. The number of aliphatic hydroxyl groups is 1. The molecule has 4 nitrogen and oxygen atoms in total. The van der Waals surface area contributed by atoms with Crippen LogP contribution in [0, 0.1) is 0 Å². The van der Waals surface area contributed by atoms with Gasteiger partial charge in [0.15, 0.2) is 0 Å². The summed E-state index contributed by atoms with van der Waals surface area (Å²) in [6, 6.07) is 0.475. The summed E-state index contributed by atoms with van der Waals surface area (Å²) in [5.41, 5.74) is -0.587. The number of methoxy groups -OCH3 is 1. The van der Waals surface area contributed by atoms with Gasteiger partial charge < -0.3 is 9.84 Å². The zero-order chi connectivity index (χ0) is 12.0. The van der Waals surface area contributed by atoms with E-state index in [4.69, 9.17) is 9.84 Å². The number of hydrogen-bond donors (Lipinski definition) is 2. The van der Waals surface area contributed by atoms with Crippen LogP contribution in [-0.4, -0.2) is 47.9 Å². The van der Waals surface area contributed by atoms with Crippen molar-refractivity contribution in [2.45, 2.75) is 37.8 Å². The van der Waals surface area contributed by atoms with Crippen LogP contribution in [0.5, 0.6) is 0 Å². The molecule has 1 aliphatic rings. The summed E-state index contributed by atoms with van der Waals surface area (Å²) in [4.78, 5) is 11.7. The van der Waals surface area contributed by atoms with Gasteiger partial charge in [-0.05, 0) is 31.9 Å². The summed E-state index contributed by atoms with van der Waals surface area (Å²) in [6.07, 6.45) is 3.06. The number of carbonyl (C=O) groups is 1. The molecule has 1 unspecified atom stereocenters. The summed E-state index contributed by atoms with van der Waals surface area (Å²) in [5, 5.41) is 12.0. The smallest absolute Gasteiger partial charge is 0.326 e. The Morgan fingerprint density at radius 1 is 1.62 bits per heavy atom. The fraction of sp³-hybridized carbons (Fsp3) is 0.909. The first-order valence-electron chi connectivity index (χ1n) is 5.67. The first-order valence-corrected chi connectivity index (χ1v) is 6.82. The highest BCUT2D eigenvalue weighted by atomic mass is 32.2. The van der Waals surface area contributed by atoms with E-state index in [1.165, 1.54) is 7.11 Å². The number of esters is 1. The Hall–Kier alpha value is -0.260. The van der Waals surface area contributed by atoms with Gasteiger partial charge in [0.1, 0.15) is 5.54 Å². The van der Waals surface area contributed by atoms with Gasteiger partial charge in [-0.2, -0.15) is 11.8 Å². The van der Waals surface area contributed by atoms with Gasteiger partial charge in [-0.15, -0.1) is 0 Å². The molecule has 1 rings (SSSR count). The molecular formula is C11H21NO3S. The lowest BCUT2D eigenvalue weighted by atomic mass is 10.1. The molecule has 0 amide bonds. The average molecular weight is 247 g/mol. The number of carbonyl (C=O) groups excluding carboxylic acids is 1. The van der Waals surface area contributed by atoms with Crippen LogP contribution in [0.1, 0.15) is 26.2 Å². The molecular weight excluding hydrogens is 226 g/mol. The first-order chi connectivity index (χ1) is 7.62. The van der Waals surface area contributed by atoms with E-state index in [0.717, 1.165) is 25.0 Å². The predicted molar refractivity (Wildman–Crippen MR) is 65.6 cm³/mol. The molecule has 0 aromatic rings. The molecule has 0 spiro atoms. The quantitative estimate of drug-likeness (QED) is 0.490. The van der Waals surface area contributed by atoms with E-state index in [1.54, 1.807) is 11.8 Å². The van der Waals surface area contributed by atoms with E-state index in [1.807, 2.05) is 6.92 Å². The molecule has 0 aromatic carbocycles. The Labute approximate surface area is 101 Å². The van der Waals surface area contributed by atoms with Gasteiger partial charge in [0, 0.05) is 18.4 Å². The van der Waals surface area contributed by atoms with Crippen LogP contribution in [0.3, 0.4) is 0 Å². The molecule has 0 heterocycles. The number of nitrogens with one attached hydrogen (secondary N) is 1. The van der Waals surface area contributed by atoms with Crippen molar-refractivity contribution in [3.05, 3.63) is 0 Å². The summed E-state index contributed by atoms with van der Waals surface area (Å²) >= 11 is 1.67. The van der Waals surface area contributed by atoms with Gasteiger partial charge in [0.05, 0.1) is 7.11 Å². The molecule has 1 fully saturated rings. The van der Waals surface area contributed by atoms with Crippen molar-refractivity contribution in [3.63, 3.8) is 0 Å². The molecule has 0 bridgehead atoms. The van der Waals surface area contributed by atoms with Crippen molar-refractivity contribution < 1.29 is 14.6 Å². The third-order valence-corrected chi connectivity index (χ3v) is 3.93. The normalized spacial score (nSPS) is 19.2. The van der Waals surface area contributed by atoms with E-state index in [-0.39, 0.29) is 12.6 Å². The Morgan fingerprint density at radius 2 is 2.31 bits per heavy atom. The Morgan fingerprint density at radius 3 is 2.81 bits per heavy atom. The van der Waals surface area contributed by atoms with Crippen LogP contribution in [0.2, 0.25) is 0 Å². The number of aliphatic hydroxyl groups excluding tert-OH is 1. The second kappa shape index (κ2) is 6.47. The molecule has 0 aliphatic heterocycles.